The van der Waals surface area contributed by atoms with Crippen LogP contribution in [-0.2, 0) is 0 Å². The van der Waals surface area contributed by atoms with Gasteiger partial charge in [0.05, 0.1) is 22.4 Å². The molecule has 1 aromatic heterocycles. The lowest BCUT2D eigenvalue weighted by atomic mass is 9.92. The largest absolute Gasteiger partial charge is 0.310 e. The van der Waals surface area contributed by atoms with Crippen LogP contribution < -0.4 is 4.90 Å². The Morgan fingerprint density at radius 3 is 1.57 bits per heavy atom. The molecule has 1 heterocycles. The van der Waals surface area contributed by atoms with E-state index >= 15 is 0 Å². The monoisotopic (exact) mass is 804 g/mol. The van der Waals surface area contributed by atoms with Crippen LogP contribution in [-0.4, -0.2) is 4.57 Å². The van der Waals surface area contributed by atoms with Crippen molar-refractivity contribution >= 4 is 82.5 Å². The molecule has 2 nitrogen and oxygen atoms in total. The standard InChI is InChI=1S/C61H44N2/c1-3-42(40-48(4-2)62-59-31-13-11-27-55(59)56-28-12-14-32-60(56)62)43-34-37-49(38-35-43)63(58-33-17-23-46-20-7-10-26-53(46)58)61-41-47(52-29-15-21-44-18-5-8-24-50(44)52)36-39-57(61)54-30-16-22-45-19-6-9-25-51(45)54/h3-41H,1H2,2H3/b42-40+,48-4+. The number of para-hydroxylation sites is 2. The first-order valence-electron chi connectivity index (χ1n) is 21.7. The van der Waals surface area contributed by atoms with Crippen molar-refractivity contribution in [3.63, 3.8) is 0 Å². The highest BCUT2D eigenvalue weighted by Gasteiger charge is 2.22. The highest BCUT2D eigenvalue weighted by molar-refractivity contribution is 6.11. The SMILES string of the molecule is C=C/C(=C\C(=C/C)n1c2ccccc2c2ccccc21)c1ccc(N(c2cc(-c3cccc4ccccc34)ccc2-c2cccc3ccccc23)c2cccc3ccccc23)cc1. The molecule has 0 radical (unpaired) electrons. The third-order valence-corrected chi connectivity index (χ3v) is 12.5. The van der Waals surface area contributed by atoms with E-state index in [4.69, 9.17) is 0 Å². The van der Waals surface area contributed by atoms with Crippen LogP contribution in [0.1, 0.15) is 12.5 Å². The van der Waals surface area contributed by atoms with Crippen molar-refractivity contribution in [2.45, 2.75) is 6.92 Å². The summed E-state index contributed by atoms with van der Waals surface area (Å²) in [5.41, 5.74) is 13.6. The first-order valence-corrected chi connectivity index (χ1v) is 21.7. The number of rotatable bonds is 9. The number of nitrogens with zero attached hydrogens (tertiary/aromatic N) is 2. The highest BCUT2D eigenvalue weighted by Crippen LogP contribution is 2.47. The van der Waals surface area contributed by atoms with Crippen LogP contribution in [0.25, 0.3) is 87.6 Å². The lowest BCUT2D eigenvalue weighted by Gasteiger charge is -2.30. The molecule has 0 aliphatic heterocycles. The van der Waals surface area contributed by atoms with Gasteiger partial charge in [0.15, 0.2) is 0 Å². The third-order valence-electron chi connectivity index (χ3n) is 12.5. The lowest BCUT2D eigenvalue weighted by Crippen LogP contribution is -2.12. The molecule has 63 heavy (non-hydrogen) atoms. The van der Waals surface area contributed by atoms with Crippen LogP contribution in [0, 0.1) is 0 Å². The van der Waals surface area contributed by atoms with Crippen LogP contribution in [0.15, 0.2) is 243 Å². The van der Waals surface area contributed by atoms with E-state index < -0.39 is 0 Å². The molecule has 0 aliphatic carbocycles. The van der Waals surface area contributed by atoms with E-state index in [1.165, 1.54) is 65.3 Å². The maximum absolute atomic E-state index is 4.33. The van der Waals surface area contributed by atoms with Gasteiger partial charge >= 0.3 is 0 Å². The summed E-state index contributed by atoms with van der Waals surface area (Å²) in [7, 11) is 0. The first kappa shape index (κ1) is 37.8. The quantitative estimate of drug-likeness (QED) is 0.132. The summed E-state index contributed by atoms with van der Waals surface area (Å²) >= 11 is 0. The Hall–Kier alpha value is -8.20. The van der Waals surface area contributed by atoms with Gasteiger partial charge in [-0.15, -0.1) is 0 Å². The second-order valence-corrected chi connectivity index (χ2v) is 16.1. The molecule has 0 saturated heterocycles. The van der Waals surface area contributed by atoms with Crippen LogP contribution in [0.4, 0.5) is 17.1 Å². The van der Waals surface area contributed by atoms with E-state index in [0.717, 1.165) is 45.0 Å². The van der Waals surface area contributed by atoms with E-state index in [0.29, 0.717) is 0 Å². The second-order valence-electron chi connectivity index (χ2n) is 16.1. The third kappa shape index (κ3) is 6.61. The average molecular weight is 805 g/mol. The summed E-state index contributed by atoms with van der Waals surface area (Å²) < 4.78 is 2.36. The maximum Gasteiger partial charge on any atom is 0.0546 e. The van der Waals surface area contributed by atoms with Crippen LogP contribution in [0.5, 0.6) is 0 Å². The predicted octanol–water partition coefficient (Wildman–Crippen LogP) is 17.2. The highest BCUT2D eigenvalue weighted by atomic mass is 15.1. The summed E-state index contributed by atoms with van der Waals surface area (Å²) in [5.74, 6) is 0. The Morgan fingerprint density at radius 1 is 0.444 bits per heavy atom. The summed E-state index contributed by atoms with van der Waals surface area (Å²) in [4.78, 5) is 2.46. The van der Waals surface area contributed by atoms with Crippen LogP contribution >= 0.6 is 0 Å². The van der Waals surface area contributed by atoms with Crippen molar-refractivity contribution in [2.75, 3.05) is 4.90 Å². The second kappa shape index (κ2) is 16.0. The van der Waals surface area contributed by atoms with Gasteiger partial charge in [-0.1, -0.05) is 201 Å². The van der Waals surface area contributed by atoms with Crippen LogP contribution in [0.3, 0.4) is 0 Å². The van der Waals surface area contributed by atoms with E-state index in [-0.39, 0.29) is 0 Å². The van der Waals surface area contributed by atoms with Crippen LogP contribution in [0.2, 0.25) is 0 Å². The number of fused-ring (bicyclic) bond motifs is 6. The zero-order chi connectivity index (χ0) is 42.3. The fraction of sp³-hybridized carbons (Fsp3) is 0.0164. The molecule has 298 valence electrons. The molecule has 0 saturated carbocycles. The molecule has 10 aromatic carbocycles. The van der Waals surface area contributed by atoms with Crippen molar-refractivity contribution < 1.29 is 0 Å². The van der Waals surface area contributed by atoms with Gasteiger partial charge in [-0.05, 0) is 104 Å². The molecular formula is C61H44N2. The number of benzene rings is 10. The molecule has 0 bridgehead atoms. The Morgan fingerprint density at radius 2 is 0.952 bits per heavy atom. The molecule has 0 amide bonds. The molecule has 0 N–H and O–H groups in total. The number of hydrogen-bond donors (Lipinski definition) is 0. The Bertz CT molecular complexity index is 3530. The summed E-state index contributed by atoms with van der Waals surface area (Å²) in [5, 5.41) is 9.74. The van der Waals surface area contributed by atoms with Crippen molar-refractivity contribution in [1.29, 1.82) is 0 Å². The molecule has 0 unspecified atom stereocenters. The number of hydrogen-bond acceptors (Lipinski definition) is 1. The molecule has 2 heteroatoms. The fourth-order valence-electron chi connectivity index (χ4n) is 9.56. The Balaban J connectivity index is 1.12. The predicted molar refractivity (Wildman–Crippen MR) is 272 cm³/mol. The molecule has 11 aromatic rings. The number of aromatic nitrogens is 1. The Labute approximate surface area is 368 Å². The minimum Gasteiger partial charge on any atom is -0.310 e. The summed E-state index contributed by atoms with van der Waals surface area (Å²) in [6, 6.07) is 79.3. The molecule has 0 spiro atoms. The lowest BCUT2D eigenvalue weighted by molar-refractivity contribution is 1.23. The molecule has 0 aliphatic rings. The van der Waals surface area contributed by atoms with Gasteiger partial charge in [0.2, 0.25) is 0 Å². The average Bonchev–Trinajstić information content (AvgIpc) is 3.69. The normalized spacial score (nSPS) is 12.1. The molecule has 0 atom stereocenters. The van der Waals surface area contributed by atoms with Gasteiger partial charge in [0, 0.05) is 33.1 Å². The number of anilines is 3. The summed E-state index contributed by atoms with van der Waals surface area (Å²) in [6.07, 6.45) is 6.42. The van der Waals surface area contributed by atoms with Gasteiger partial charge in [-0.3, -0.25) is 0 Å². The minimum absolute atomic E-state index is 1.04. The molecular weight excluding hydrogens is 761 g/mol. The van der Waals surface area contributed by atoms with Gasteiger partial charge in [-0.25, -0.2) is 0 Å². The smallest absolute Gasteiger partial charge is 0.0546 e. The number of allylic oxidation sites excluding steroid dienone is 5. The van der Waals surface area contributed by atoms with Gasteiger partial charge < -0.3 is 9.47 Å². The van der Waals surface area contributed by atoms with E-state index in [9.17, 15) is 0 Å². The zero-order valence-corrected chi connectivity index (χ0v) is 35.1. The van der Waals surface area contributed by atoms with Crippen molar-refractivity contribution in [2.24, 2.45) is 0 Å². The van der Waals surface area contributed by atoms with Crippen molar-refractivity contribution in [3.8, 4) is 22.3 Å². The van der Waals surface area contributed by atoms with E-state index in [1.807, 2.05) is 6.08 Å². The minimum atomic E-state index is 1.04. The van der Waals surface area contributed by atoms with E-state index in [2.05, 4.69) is 254 Å². The van der Waals surface area contributed by atoms with Crippen molar-refractivity contribution in [1.82, 2.24) is 4.57 Å². The topological polar surface area (TPSA) is 8.17 Å². The maximum atomic E-state index is 4.33. The summed E-state index contributed by atoms with van der Waals surface area (Å²) in [6.45, 7) is 6.44. The molecule has 11 rings (SSSR count). The fourth-order valence-corrected chi connectivity index (χ4v) is 9.56. The first-order chi connectivity index (χ1) is 31.2. The van der Waals surface area contributed by atoms with E-state index in [1.54, 1.807) is 0 Å². The van der Waals surface area contributed by atoms with Gasteiger partial charge in [0.1, 0.15) is 0 Å². The zero-order valence-electron chi connectivity index (χ0n) is 35.1. The Kier molecular flexibility index (Phi) is 9.60. The van der Waals surface area contributed by atoms with Gasteiger partial charge in [0.25, 0.3) is 0 Å². The van der Waals surface area contributed by atoms with Gasteiger partial charge in [-0.2, -0.15) is 0 Å². The molecule has 0 fully saturated rings. The van der Waals surface area contributed by atoms with Crippen molar-refractivity contribution in [3.05, 3.63) is 249 Å².